The highest BCUT2D eigenvalue weighted by Crippen LogP contribution is 2.19. The Kier molecular flexibility index (Phi) is 9.02. The normalized spacial score (nSPS) is 11.4. The highest BCUT2D eigenvalue weighted by Gasteiger charge is 2.15. The maximum absolute atomic E-state index is 12.4. The number of anilines is 1. The lowest BCUT2D eigenvalue weighted by atomic mass is 10.2. The van der Waals surface area contributed by atoms with Crippen molar-refractivity contribution in [1.29, 1.82) is 0 Å². The molecule has 0 aromatic heterocycles. The van der Waals surface area contributed by atoms with Crippen molar-refractivity contribution in [3.63, 3.8) is 0 Å². The SMILES string of the molecule is CCCCCOC(=O)c1ccc(NC(=O)C(C)Oc2ccc(OCC)cc2)cc1. The largest absolute Gasteiger partial charge is 0.494 e. The van der Waals surface area contributed by atoms with Crippen molar-refractivity contribution in [2.75, 3.05) is 18.5 Å². The van der Waals surface area contributed by atoms with E-state index in [9.17, 15) is 9.59 Å². The van der Waals surface area contributed by atoms with Gasteiger partial charge in [-0.1, -0.05) is 19.8 Å². The summed E-state index contributed by atoms with van der Waals surface area (Å²) < 4.78 is 16.3. The summed E-state index contributed by atoms with van der Waals surface area (Å²) in [6.07, 6.45) is 2.29. The van der Waals surface area contributed by atoms with E-state index in [-0.39, 0.29) is 11.9 Å². The quantitative estimate of drug-likeness (QED) is 0.432. The fraction of sp³-hybridized carbons (Fsp3) is 0.391. The van der Waals surface area contributed by atoms with Crippen LogP contribution < -0.4 is 14.8 Å². The third-order valence-corrected chi connectivity index (χ3v) is 4.19. The Bertz CT molecular complexity index is 771. The summed E-state index contributed by atoms with van der Waals surface area (Å²) in [5.74, 6) is 0.693. The Hall–Kier alpha value is -3.02. The first-order valence-electron chi connectivity index (χ1n) is 10.0. The van der Waals surface area contributed by atoms with E-state index in [1.165, 1.54) is 0 Å². The third-order valence-electron chi connectivity index (χ3n) is 4.19. The molecule has 0 bridgehead atoms. The van der Waals surface area contributed by atoms with E-state index in [4.69, 9.17) is 14.2 Å². The van der Waals surface area contributed by atoms with Crippen LogP contribution in [0.4, 0.5) is 5.69 Å². The molecule has 156 valence electrons. The van der Waals surface area contributed by atoms with Crippen LogP contribution in [0.3, 0.4) is 0 Å². The lowest BCUT2D eigenvalue weighted by Gasteiger charge is -2.15. The summed E-state index contributed by atoms with van der Waals surface area (Å²) in [6.45, 7) is 6.70. The summed E-state index contributed by atoms with van der Waals surface area (Å²) in [4.78, 5) is 24.3. The van der Waals surface area contributed by atoms with Gasteiger partial charge in [0.2, 0.25) is 0 Å². The van der Waals surface area contributed by atoms with Gasteiger partial charge < -0.3 is 19.5 Å². The van der Waals surface area contributed by atoms with Gasteiger partial charge in [0.05, 0.1) is 18.8 Å². The molecule has 6 nitrogen and oxygen atoms in total. The molecule has 0 aliphatic rings. The van der Waals surface area contributed by atoms with Crippen LogP contribution in [-0.4, -0.2) is 31.2 Å². The summed E-state index contributed by atoms with van der Waals surface area (Å²) in [7, 11) is 0. The molecule has 1 N–H and O–H groups in total. The zero-order valence-corrected chi connectivity index (χ0v) is 17.3. The second kappa shape index (κ2) is 11.7. The average molecular weight is 399 g/mol. The molecule has 0 radical (unpaired) electrons. The smallest absolute Gasteiger partial charge is 0.338 e. The van der Waals surface area contributed by atoms with Crippen LogP contribution in [0.25, 0.3) is 0 Å². The van der Waals surface area contributed by atoms with Crippen LogP contribution in [0.5, 0.6) is 11.5 Å². The molecule has 2 aromatic rings. The standard InChI is InChI=1S/C23H29NO5/c1-4-6-7-16-28-23(26)18-8-10-19(11-9-18)24-22(25)17(3)29-21-14-12-20(13-15-21)27-5-2/h8-15,17H,4-7,16H2,1-3H3,(H,24,25). The summed E-state index contributed by atoms with van der Waals surface area (Å²) in [5, 5.41) is 2.78. The van der Waals surface area contributed by atoms with Gasteiger partial charge >= 0.3 is 5.97 Å². The van der Waals surface area contributed by atoms with Crippen LogP contribution in [0.1, 0.15) is 50.4 Å². The van der Waals surface area contributed by atoms with Crippen molar-refractivity contribution in [2.45, 2.75) is 46.1 Å². The molecule has 2 rings (SSSR count). The molecule has 1 amide bonds. The van der Waals surface area contributed by atoms with Crippen LogP contribution in [0.2, 0.25) is 0 Å². The van der Waals surface area contributed by atoms with Crippen molar-refractivity contribution < 1.29 is 23.8 Å². The fourth-order valence-electron chi connectivity index (χ4n) is 2.57. The Morgan fingerprint density at radius 2 is 1.59 bits per heavy atom. The van der Waals surface area contributed by atoms with Gasteiger partial charge in [-0.05, 0) is 68.8 Å². The van der Waals surface area contributed by atoms with E-state index < -0.39 is 6.10 Å². The van der Waals surface area contributed by atoms with Gasteiger partial charge in [0.15, 0.2) is 6.10 Å². The van der Waals surface area contributed by atoms with E-state index >= 15 is 0 Å². The first-order chi connectivity index (χ1) is 14.0. The molecular formula is C23H29NO5. The lowest BCUT2D eigenvalue weighted by molar-refractivity contribution is -0.122. The minimum Gasteiger partial charge on any atom is -0.494 e. The molecule has 1 atom stereocenters. The highest BCUT2D eigenvalue weighted by molar-refractivity contribution is 5.95. The number of hydrogen-bond donors (Lipinski definition) is 1. The molecule has 0 aliphatic carbocycles. The molecular weight excluding hydrogens is 370 g/mol. The van der Waals surface area contributed by atoms with Crippen LogP contribution >= 0.6 is 0 Å². The Balaban J connectivity index is 1.83. The number of hydrogen-bond acceptors (Lipinski definition) is 5. The Labute approximate surface area is 172 Å². The maximum atomic E-state index is 12.4. The van der Waals surface area contributed by atoms with Gasteiger partial charge in [-0.3, -0.25) is 4.79 Å². The molecule has 0 saturated heterocycles. The van der Waals surface area contributed by atoms with Gasteiger partial charge in [0.1, 0.15) is 11.5 Å². The maximum Gasteiger partial charge on any atom is 0.338 e. The number of benzene rings is 2. The minimum absolute atomic E-state index is 0.284. The number of unbranched alkanes of at least 4 members (excludes halogenated alkanes) is 2. The monoisotopic (exact) mass is 399 g/mol. The van der Waals surface area contributed by atoms with Crippen molar-refractivity contribution in [3.8, 4) is 11.5 Å². The first kappa shape index (κ1) is 22.3. The average Bonchev–Trinajstić information content (AvgIpc) is 2.73. The van der Waals surface area contributed by atoms with Gasteiger partial charge in [0.25, 0.3) is 5.91 Å². The predicted molar refractivity (Wildman–Crippen MR) is 113 cm³/mol. The number of ether oxygens (including phenoxy) is 3. The number of carbonyl (C=O) groups excluding carboxylic acids is 2. The number of nitrogens with one attached hydrogen (secondary N) is 1. The predicted octanol–water partition coefficient (Wildman–Crippen LogP) is 4.84. The number of carbonyl (C=O) groups is 2. The summed E-state index contributed by atoms with van der Waals surface area (Å²) in [5.41, 5.74) is 1.04. The number of rotatable bonds is 11. The van der Waals surface area contributed by atoms with Crippen molar-refractivity contribution in [2.24, 2.45) is 0 Å². The van der Waals surface area contributed by atoms with E-state index in [0.29, 0.717) is 30.2 Å². The first-order valence-corrected chi connectivity index (χ1v) is 10.0. The molecule has 0 aliphatic heterocycles. The molecule has 0 spiro atoms. The van der Waals surface area contributed by atoms with Crippen LogP contribution in [-0.2, 0) is 9.53 Å². The molecule has 0 heterocycles. The zero-order valence-electron chi connectivity index (χ0n) is 17.3. The van der Waals surface area contributed by atoms with E-state index in [1.807, 2.05) is 6.92 Å². The highest BCUT2D eigenvalue weighted by atomic mass is 16.5. The Morgan fingerprint density at radius 1 is 0.931 bits per heavy atom. The molecule has 1 unspecified atom stereocenters. The zero-order chi connectivity index (χ0) is 21.1. The third kappa shape index (κ3) is 7.49. The molecule has 0 fully saturated rings. The second-order valence-electron chi connectivity index (χ2n) is 6.57. The molecule has 29 heavy (non-hydrogen) atoms. The fourth-order valence-corrected chi connectivity index (χ4v) is 2.57. The van der Waals surface area contributed by atoms with Crippen molar-refractivity contribution in [3.05, 3.63) is 54.1 Å². The lowest BCUT2D eigenvalue weighted by Crippen LogP contribution is -2.30. The molecule has 6 heteroatoms. The second-order valence-corrected chi connectivity index (χ2v) is 6.57. The summed E-state index contributed by atoms with van der Waals surface area (Å²) in [6, 6.07) is 13.7. The van der Waals surface area contributed by atoms with E-state index in [1.54, 1.807) is 55.5 Å². The topological polar surface area (TPSA) is 73.9 Å². The molecule has 2 aromatic carbocycles. The summed E-state index contributed by atoms with van der Waals surface area (Å²) >= 11 is 0. The van der Waals surface area contributed by atoms with E-state index in [0.717, 1.165) is 25.0 Å². The van der Waals surface area contributed by atoms with Crippen molar-refractivity contribution >= 4 is 17.6 Å². The van der Waals surface area contributed by atoms with Gasteiger partial charge in [-0.15, -0.1) is 0 Å². The van der Waals surface area contributed by atoms with Crippen LogP contribution in [0, 0.1) is 0 Å². The minimum atomic E-state index is -0.684. The van der Waals surface area contributed by atoms with Crippen LogP contribution in [0.15, 0.2) is 48.5 Å². The Morgan fingerprint density at radius 3 is 2.21 bits per heavy atom. The number of amides is 1. The van der Waals surface area contributed by atoms with Gasteiger partial charge in [-0.2, -0.15) is 0 Å². The molecule has 0 saturated carbocycles. The van der Waals surface area contributed by atoms with Gasteiger partial charge in [-0.25, -0.2) is 4.79 Å². The van der Waals surface area contributed by atoms with Gasteiger partial charge in [0, 0.05) is 5.69 Å². The number of esters is 1. The van der Waals surface area contributed by atoms with E-state index in [2.05, 4.69) is 12.2 Å². The van der Waals surface area contributed by atoms with Crippen molar-refractivity contribution in [1.82, 2.24) is 0 Å².